The van der Waals surface area contributed by atoms with E-state index in [2.05, 4.69) is 25.4 Å². The SMILES string of the molecule is Cc1c(N)cc(Br)cc1S(=O)(=O)NCCOC(N)=O. The lowest BCUT2D eigenvalue weighted by atomic mass is 10.2. The number of anilines is 1. The van der Waals surface area contributed by atoms with Gasteiger partial charge in [0.1, 0.15) is 6.61 Å². The van der Waals surface area contributed by atoms with Crippen molar-refractivity contribution in [1.29, 1.82) is 0 Å². The van der Waals surface area contributed by atoms with Gasteiger partial charge >= 0.3 is 6.09 Å². The fourth-order valence-corrected chi connectivity index (χ4v) is 3.30. The third-order valence-electron chi connectivity index (χ3n) is 2.29. The van der Waals surface area contributed by atoms with Gasteiger partial charge in [0.25, 0.3) is 0 Å². The molecule has 0 spiro atoms. The number of benzene rings is 1. The smallest absolute Gasteiger partial charge is 0.404 e. The molecule has 0 atom stereocenters. The number of hydrogen-bond donors (Lipinski definition) is 3. The Kier molecular flexibility index (Phi) is 5.15. The Hall–Kier alpha value is -1.32. The molecule has 0 unspecified atom stereocenters. The van der Waals surface area contributed by atoms with E-state index >= 15 is 0 Å². The molecular formula is C10H14BrN3O4S. The number of nitrogens with two attached hydrogens (primary N) is 2. The maximum Gasteiger partial charge on any atom is 0.404 e. The van der Waals surface area contributed by atoms with Crippen molar-refractivity contribution in [3.05, 3.63) is 22.2 Å². The normalized spacial score (nSPS) is 11.3. The molecule has 0 bridgehead atoms. The van der Waals surface area contributed by atoms with Crippen LogP contribution in [0.25, 0.3) is 0 Å². The second-order valence-corrected chi connectivity index (χ2v) is 6.33. The van der Waals surface area contributed by atoms with Gasteiger partial charge in [-0.15, -0.1) is 0 Å². The lowest BCUT2D eigenvalue weighted by Gasteiger charge is -2.11. The topological polar surface area (TPSA) is 125 Å². The molecule has 1 aromatic rings. The number of primary amides is 1. The predicted molar refractivity (Wildman–Crippen MR) is 74.0 cm³/mol. The minimum Gasteiger partial charge on any atom is -0.448 e. The van der Waals surface area contributed by atoms with Crippen molar-refractivity contribution >= 4 is 37.7 Å². The Bertz CT molecular complexity index is 589. The highest BCUT2D eigenvalue weighted by Gasteiger charge is 2.18. The third-order valence-corrected chi connectivity index (χ3v) is 4.34. The molecule has 0 fully saturated rings. The van der Waals surface area contributed by atoms with E-state index in [-0.39, 0.29) is 18.0 Å². The van der Waals surface area contributed by atoms with Crippen LogP contribution in [0.4, 0.5) is 10.5 Å². The zero-order chi connectivity index (χ0) is 14.6. The van der Waals surface area contributed by atoms with E-state index in [1.54, 1.807) is 13.0 Å². The summed E-state index contributed by atoms with van der Waals surface area (Å²) in [5, 5.41) is 0. The van der Waals surface area contributed by atoms with Gasteiger partial charge in [0.15, 0.2) is 0 Å². The average Bonchev–Trinajstić information content (AvgIpc) is 2.29. The summed E-state index contributed by atoms with van der Waals surface area (Å²) in [6, 6.07) is 3.06. The number of carbonyl (C=O) groups is 1. The van der Waals surface area contributed by atoms with Crippen LogP contribution in [-0.2, 0) is 14.8 Å². The first-order chi connectivity index (χ1) is 8.74. The van der Waals surface area contributed by atoms with Crippen molar-refractivity contribution < 1.29 is 17.9 Å². The first-order valence-electron chi connectivity index (χ1n) is 5.21. The van der Waals surface area contributed by atoms with E-state index < -0.39 is 16.1 Å². The van der Waals surface area contributed by atoms with E-state index in [9.17, 15) is 13.2 Å². The summed E-state index contributed by atoms with van der Waals surface area (Å²) < 4.78 is 31.4. The number of carbonyl (C=O) groups excluding carboxylic acids is 1. The standard InChI is InChI=1S/C10H14BrN3O4S/c1-6-8(12)4-7(11)5-9(6)19(16,17)14-2-3-18-10(13)15/h4-5,14H,2-3,12H2,1H3,(H2,13,15). The van der Waals surface area contributed by atoms with E-state index in [1.807, 2.05) is 0 Å². The van der Waals surface area contributed by atoms with Crippen molar-refractivity contribution in [3.8, 4) is 0 Å². The Morgan fingerprint density at radius 1 is 1.47 bits per heavy atom. The van der Waals surface area contributed by atoms with Gasteiger partial charge in [-0.3, -0.25) is 0 Å². The van der Waals surface area contributed by atoms with Gasteiger partial charge in [0.2, 0.25) is 10.0 Å². The molecule has 0 aliphatic carbocycles. The molecule has 19 heavy (non-hydrogen) atoms. The summed E-state index contributed by atoms with van der Waals surface area (Å²) in [6.45, 7) is 1.39. The molecule has 1 amide bonds. The van der Waals surface area contributed by atoms with Crippen LogP contribution in [0.1, 0.15) is 5.56 Å². The van der Waals surface area contributed by atoms with Crippen molar-refractivity contribution in [2.24, 2.45) is 5.73 Å². The van der Waals surface area contributed by atoms with Crippen molar-refractivity contribution in [1.82, 2.24) is 4.72 Å². The molecule has 1 aromatic carbocycles. The van der Waals surface area contributed by atoms with Gasteiger partial charge in [-0.2, -0.15) is 0 Å². The summed E-state index contributed by atoms with van der Waals surface area (Å²) in [4.78, 5) is 10.4. The summed E-state index contributed by atoms with van der Waals surface area (Å²) in [5.74, 6) is 0. The first kappa shape index (κ1) is 15.7. The third kappa shape index (κ3) is 4.37. The highest BCUT2D eigenvalue weighted by Crippen LogP contribution is 2.25. The quantitative estimate of drug-likeness (QED) is 0.532. The van der Waals surface area contributed by atoms with Crippen molar-refractivity contribution in [2.45, 2.75) is 11.8 Å². The van der Waals surface area contributed by atoms with Gasteiger partial charge in [0, 0.05) is 16.7 Å². The number of halogens is 1. The highest BCUT2D eigenvalue weighted by atomic mass is 79.9. The fourth-order valence-electron chi connectivity index (χ4n) is 1.36. The number of nitrogen functional groups attached to an aromatic ring is 1. The summed E-state index contributed by atoms with van der Waals surface area (Å²) in [5.41, 5.74) is 11.3. The molecule has 0 aliphatic rings. The van der Waals surface area contributed by atoms with Crippen molar-refractivity contribution in [2.75, 3.05) is 18.9 Å². The summed E-state index contributed by atoms with van der Waals surface area (Å²) in [7, 11) is -3.73. The molecule has 1 rings (SSSR count). The largest absolute Gasteiger partial charge is 0.448 e. The number of amides is 1. The predicted octanol–water partition coefficient (Wildman–Crippen LogP) is 0.713. The van der Waals surface area contributed by atoms with Crippen LogP contribution in [0.15, 0.2) is 21.5 Å². The monoisotopic (exact) mass is 351 g/mol. The Morgan fingerprint density at radius 3 is 2.68 bits per heavy atom. The van der Waals surface area contributed by atoms with Crippen LogP contribution < -0.4 is 16.2 Å². The van der Waals surface area contributed by atoms with Gasteiger partial charge in [-0.05, 0) is 24.6 Å². The van der Waals surface area contributed by atoms with Crippen LogP contribution in [0.3, 0.4) is 0 Å². The Labute approximate surface area is 119 Å². The molecule has 0 heterocycles. The van der Waals surface area contributed by atoms with Crippen LogP contribution in [-0.4, -0.2) is 27.7 Å². The van der Waals surface area contributed by atoms with Crippen LogP contribution >= 0.6 is 15.9 Å². The summed E-state index contributed by atoms with van der Waals surface area (Å²) in [6.07, 6.45) is -0.956. The minimum atomic E-state index is -3.73. The average molecular weight is 352 g/mol. The number of nitrogens with one attached hydrogen (secondary N) is 1. The van der Waals surface area contributed by atoms with E-state index in [0.29, 0.717) is 15.7 Å². The van der Waals surface area contributed by atoms with Gasteiger partial charge < -0.3 is 16.2 Å². The Balaban J connectivity index is 2.86. The second kappa shape index (κ2) is 6.22. The first-order valence-corrected chi connectivity index (χ1v) is 7.49. The molecule has 0 aromatic heterocycles. The van der Waals surface area contributed by atoms with Gasteiger partial charge in [0.05, 0.1) is 4.90 Å². The zero-order valence-electron chi connectivity index (χ0n) is 10.1. The number of rotatable bonds is 5. The second-order valence-electron chi connectivity index (χ2n) is 3.68. The van der Waals surface area contributed by atoms with Gasteiger partial charge in [-0.1, -0.05) is 15.9 Å². The van der Waals surface area contributed by atoms with Crippen molar-refractivity contribution in [3.63, 3.8) is 0 Å². The molecule has 106 valence electrons. The number of hydrogen-bond acceptors (Lipinski definition) is 5. The maximum atomic E-state index is 12.0. The Morgan fingerprint density at radius 2 is 2.11 bits per heavy atom. The molecule has 0 aliphatic heterocycles. The molecule has 9 heteroatoms. The minimum absolute atomic E-state index is 0.0680. The molecule has 0 saturated carbocycles. The molecule has 0 saturated heterocycles. The van der Waals surface area contributed by atoms with E-state index in [0.717, 1.165) is 0 Å². The molecule has 0 radical (unpaired) electrons. The van der Waals surface area contributed by atoms with E-state index in [4.69, 9.17) is 11.5 Å². The molecule has 7 nitrogen and oxygen atoms in total. The van der Waals surface area contributed by atoms with Crippen LogP contribution in [0.5, 0.6) is 0 Å². The van der Waals surface area contributed by atoms with Gasteiger partial charge in [-0.25, -0.2) is 17.9 Å². The molecule has 5 N–H and O–H groups in total. The fraction of sp³-hybridized carbons (Fsp3) is 0.300. The van der Waals surface area contributed by atoms with E-state index in [1.165, 1.54) is 6.07 Å². The zero-order valence-corrected chi connectivity index (χ0v) is 12.5. The summed E-state index contributed by atoms with van der Waals surface area (Å²) >= 11 is 3.18. The lowest BCUT2D eigenvalue weighted by molar-refractivity contribution is 0.159. The lowest BCUT2D eigenvalue weighted by Crippen LogP contribution is -2.29. The van der Waals surface area contributed by atoms with Crippen LogP contribution in [0.2, 0.25) is 0 Å². The van der Waals surface area contributed by atoms with Crippen LogP contribution in [0, 0.1) is 6.92 Å². The highest BCUT2D eigenvalue weighted by molar-refractivity contribution is 9.10. The maximum absolute atomic E-state index is 12.0. The number of sulfonamides is 1. The number of ether oxygens (including phenoxy) is 1. The molecular weight excluding hydrogens is 338 g/mol.